The molecule has 0 aliphatic heterocycles. The van der Waals surface area contributed by atoms with E-state index in [1.165, 1.54) is 17.3 Å². The SMILES string of the molecule is O=C(Cn1cncn1)Nc1ccc(C2(C(=O)O)CC2)cc1. The van der Waals surface area contributed by atoms with Crippen LogP contribution in [0.25, 0.3) is 0 Å². The molecular formula is C14H14N4O3. The number of carbonyl (C=O) groups excluding carboxylic acids is 1. The topological polar surface area (TPSA) is 97.1 Å². The van der Waals surface area contributed by atoms with E-state index in [4.69, 9.17) is 0 Å². The maximum atomic E-state index is 11.8. The lowest BCUT2D eigenvalue weighted by Crippen LogP contribution is -2.20. The summed E-state index contributed by atoms with van der Waals surface area (Å²) in [5.41, 5.74) is 0.692. The number of hydrogen-bond acceptors (Lipinski definition) is 4. The number of aromatic nitrogens is 3. The van der Waals surface area contributed by atoms with E-state index in [1.54, 1.807) is 24.3 Å². The van der Waals surface area contributed by atoms with Crippen LogP contribution in [-0.4, -0.2) is 31.7 Å². The number of nitrogens with zero attached hydrogens (tertiary/aromatic N) is 3. The standard InChI is InChI=1S/C14H14N4O3/c19-12(7-18-9-15-8-16-18)17-11-3-1-10(2-4-11)14(5-6-14)13(20)21/h1-4,8-9H,5-7H2,(H,17,19)(H,20,21). The summed E-state index contributed by atoms with van der Waals surface area (Å²) in [6.07, 6.45) is 4.16. The first kappa shape index (κ1) is 13.3. The maximum absolute atomic E-state index is 11.8. The lowest BCUT2D eigenvalue weighted by Gasteiger charge is -2.11. The van der Waals surface area contributed by atoms with Gasteiger partial charge in [-0.3, -0.25) is 9.59 Å². The number of hydrogen-bond donors (Lipinski definition) is 2. The summed E-state index contributed by atoms with van der Waals surface area (Å²) < 4.78 is 1.42. The number of amides is 1. The Kier molecular flexibility index (Phi) is 3.17. The first-order chi connectivity index (χ1) is 10.1. The Bertz CT molecular complexity index is 660. The van der Waals surface area contributed by atoms with Gasteiger partial charge in [0.15, 0.2) is 0 Å². The summed E-state index contributed by atoms with van der Waals surface area (Å²) in [5, 5.41) is 15.8. The lowest BCUT2D eigenvalue weighted by atomic mass is 9.96. The van der Waals surface area contributed by atoms with Gasteiger partial charge in [-0.15, -0.1) is 0 Å². The Balaban J connectivity index is 1.65. The molecular weight excluding hydrogens is 272 g/mol. The first-order valence-electron chi connectivity index (χ1n) is 6.56. The fourth-order valence-corrected chi connectivity index (χ4v) is 2.29. The molecule has 2 N–H and O–H groups in total. The second kappa shape index (κ2) is 5.01. The summed E-state index contributed by atoms with van der Waals surface area (Å²) in [7, 11) is 0. The Morgan fingerprint density at radius 1 is 1.29 bits per heavy atom. The number of rotatable bonds is 5. The van der Waals surface area contributed by atoms with Crippen molar-refractivity contribution in [1.82, 2.24) is 14.8 Å². The minimum absolute atomic E-state index is 0.0841. The molecule has 1 aliphatic carbocycles. The highest BCUT2D eigenvalue weighted by molar-refractivity contribution is 5.91. The molecule has 0 atom stereocenters. The van der Waals surface area contributed by atoms with Crippen molar-refractivity contribution in [3.63, 3.8) is 0 Å². The normalized spacial score (nSPS) is 15.4. The zero-order chi connectivity index (χ0) is 14.9. The fraction of sp³-hybridized carbons (Fsp3) is 0.286. The Morgan fingerprint density at radius 3 is 2.52 bits per heavy atom. The zero-order valence-corrected chi connectivity index (χ0v) is 11.2. The summed E-state index contributed by atoms with van der Waals surface area (Å²) in [6.45, 7) is 0.0841. The predicted octanol–water partition coefficient (Wildman–Crippen LogP) is 1.03. The molecule has 0 unspecified atom stereocenters. The number of nitrogens with one attached hydrogen (secondary N) is 1. The van der Waals surface area contributed by atoms with Crippen molar-refractivity contribution >= 4 is 17.6 Å². The van der Waals surface area contributed by atoms with Crippen LogP contribution in [0.3, 0.4) is 0 Å². The third-order valence-corrected chi connectivity index (χ3v) is 3.65. The van der Waals surface area contributed by atoms with Crippen LogP contribution in [-0.2, 0) is 21.5 Å². The van der Waals surface area contributed by atoms with Crippen molar-refractivity contribution < 1.29 is 14.7 Å². The van der Waals surface area contributed by atoms with Crippen LogP contribution in [0.5, 0.6) is 0 Å². The van der Waals surface area contributed by atoms with Gasteiger partial charge in [0.05, 0.1) is 5.41 Å². The van der Waals surface area contributed by atoms with Crippen molar-refractivity contribution in [2.45, 2.75) is 24.8 Å². The van der Waals surface area contributed by atoms with E-state index in [9.17, 15) is 14.7 Å². The highest BCUT2D eigenvalue weighted by atomic mass is 16.4. The van der Waals surface area contributed by atoms with Crippen LogP contribution in [0.15, 0.2) is 36.9 Å². The maximum Gasteiger partial charge on any atom is 0.314 e. The van der Waals surface area contributed by atoms with E-state index in [-0.39, 0.29) is 12.5 Å². The van der Waals surface area contributed by atoms with Gasteiger partial charge in [-0.1, -0.05) is 12.1 Å². The molecule has 1 aliphatic rings. The average Bonchev–Trinajstić information content (AvgIpc) is 3.12. The molecule has 1 saturated carbocycles. The van der Waals surface area contributed by atoms with Crippen molar-refractivity contribution in [3.8, 4) is 0 Å². The molecule has 0 bridgehead atoms. The van der Waals surface area contributed by atoms with Gasteiger partial charge in [0.1, 0.15) is 19.2 Å². The van der Waals surface area contributed by atoms with Gasteiger partial charge in [0.2, 0.25) is 5.91 Å². The number of benzene rings is 1. The summed E-state index contributed by atoms with van der Waals surface area (Å²) in [4.78, 5) is 26.8. The van der Waals surface area contributed by atoms with Crippen LogP contribution < -0.4 is 5.32 Å². The second-order valence-electron chi connectivity index (χ2n) is 5.11. The molecule has 1 aromatic heterocycles. The van der Waals surface area contributed by atoms with Gasteiger partial charge in [-0.25, -0.2) is 9.67 Å². The zero-order valence-electron chi connectivity index (χ0n) is 11.2. The molecule has 2 aromatic rings. The van der Waals surface area contributed by atoms with E-state index < -0.39 is 11.4 Å². The Morgan fingerprint density at radius 2 is 2.00 bits per heavy atom. The third-order valence-electron chi connectivity index (χ3n) is 3.65. The highest BCUT2D eigenvalue weighted by Gasteiger charge is 2.51. The quantitative estimate of drug-likeness (QED) is 0.855. The molecule has 7 heteroatoms. The van der Waals surface area contributed by atoms with Gasteiger partial charge >= 0.3 is 5.97 Å². The second-order valence-corrected chi connectivity index (χ2v) is 5.11. The molecule has 0 spiro atoms. The average molecular weight is 286 g/mol. The molecule has 1 amide bonds. The number of anilines is 1. The van der Waals surface area contributed by atoms with E-state index >= 15 is 0 Å². The largest absolute Gasteiger partial charge is 0.481 e. The van der Waals surface area contributed by atoms with E-state index in [1.807, 2.05) is 0 Å². The van der Waals surface area contributed by atoms with Gasteiger partial charge in [-0.2, -0.15) is 5.10 Å². The molecule has 7 nitrogen and oxygen atoms in total. The van der Waals surface area contributed by atoms with Gasteiger partial charge in [-0.05, 0) is 30.5 Å². The molecule has 0 radical (unpaired) electrons. The minimum Gasteiger partial charge on any atom is -0.481 e. The molecule has 21 heavy (non-hydrogen) atoms. The minimum atomic E-state index is -0.787. The van der Waals surface area contributed by atoms with Crippen molar-refractivity contribution in [2.75, 3.05) is 5.32 Å². The van der Waals surface area contributed by atoms with E-state index in [0.29, 0.717) is 18.5 Å². The smallest absolute Gasteiger partial charge is 0.314 e. The monoisotopic (exact) mass is 286 g/mol. The van der Waals surface area contributed by atoms with Gasteiger partial charge in [0, 0.05) is 5.69 Å². The van der Waals surface area contributed by atoms with Crippen LogP contribution in [0.1, 0.15) is 18.4 Å². The molecule has 3 rings (SSSR count). The Hall–Kier alpha value is -2.70. The van der Waals surface area contributed by atoms with Gasteiger partial charge < -0.3 is 10.4 Å². The van der Waals surface area contributed by atoms with Crippen molar-refractivity contribution in [3.05, 3.63) is 42.5 Å². The van der Waals surface area contributed by atoms with E-state index in [0.717, 1.165) is 5.56 Å². The number of carboxylic acids is 1. The first-order valence-corrected chi connectivity index (χ1v) is 6.56. The summed E-state index contributed by atoms with van der Waals surface area (Å²) in [5.74, 6) is -1.00. The van der Waals surface area contributed by atoms with Crippen molar-refractivity contribution in [1.29, 1.82) is 0 Å². The fourth-order valence-electron chi connectivity index (χ4n) is 2.29. The number of carbonyl (C=O) groups is 2. The molecule has 108 valence electrons. The molecule has 1 fully saturated rings. The van der Waals surface area contributed by atoms with Crippen LogP contribution in [0.4, 0.5) is 5.69 Å². The summed E-state index contributed by atoms with van der Waals surface area (Å²) in [6, 6.07) is 6.95. The molecule has 1 aromatic carbocycles. The third kappa shape index (κ3) is 2.62. The molecule has 0 saturated heterocycles. The van der Waals surface area contributed by atoms with Crippen LogP contribution in [0.2, 0.25) is 0 Å². The summed E-state index contributed by atoms with van der Waals surface area (Å²) >= 11 is 0. The van der Waals surface area contributed by atoms with Crippen molar-refractivity contribution in [2.24, 2.45) is 0 Å². The lowest BCUT2D eigenvalue weighted by molar-refractivity contribution is -0.140. The number of carboxylic acid groups (broad SMARTS) is 1. The highest BCUT2D eigenvalue weighted by Crippen LogP contribution is 2.48. The van der Waals surface area contributed by atoms with E-state index in [2.05, 4.69) is 15.4 Å². The van der Waals surface area contributed by atoms with Crippen LogP contribution in [0, 0.1) is 0 Å². The predicted molar refractivity (Wildman–Crippen MR) is 73.6 cm³/mol. The Labute approximate surface area is 120 Å². The number of aliphatic carboxylic acids is 1. The van der Waals surface area contributed by atoms with Crippen LogP contribution >= 0.6 is 0 Å². The van der Waals surface area contributed by atoms with Gasteiger partial charge in [0.25, 0.3) is 0 Å². The molecule has 1 heterocycles.